The van der Waals surface area contributed by atoms with Gasteiger partial charge in [0.2, 0.25) is 0 Å². The van der Waals surface area contributed by atoms with Crippen LogP contribution in [0.3, 0.4) is 0 Å². The van der Waals surface area contributed by atoms with E-state index in [2.05, 4.69) is 209 Å². The van der Waals surface area contributed by atoms with Gasteiger partial charge in [-0.1, -0.05) is 194 Å². The van der Waals surface area contributed by atoms with E-state index >= 15 is 0 Å². The Balaban J connectivity index is 0.905. The van der Waals surface area contributed by atoms with Crippen molar-refractivity contribution in [3.63, 3.8) is 0 Å². The van der Waals surface area contributed by atoms with Gasteiger partial charge in [-0.3, -0.25) is 0 Å². The van der Waals surface area contributed by atoms with Crippen molar-refractivity contribution >= 4 is 43.6 Å². The zero-order valence-corrected chi connectivity index (χ0v) is 45.3. The van der Waals surface area contributed by atoms with Gasteiger partial charge >= 0.3 is 0 Å². The van der Waals surface area contributed by atoms with Crippen LogP contribution in [-0.4, -0.2) is 24.1 Å². The molecule has 3 heterocycles. The molecular weight excluding hydrogens is 1020 g/mol. The molecule has 390 valence electrons. The highest BCUT2D eigenvalue weighted by molar-refractivity contribution is 6.13. The van der Waals surface area contributed by atoms with E-state index in [0.29, 0.717) is 34.2 Å². The van der Waals surface area contributed by atoms with Crippen molar-refractivity contribution in [2.45, 2.75) is 0 Å². The number of benzene rings is 12. The lowest BCUT2D eigenvalue weighted by molar-refractivity contribution is 1.07. The minimum absolute atomic E-state index is 0.415. The van der Waals surface area contributed by atoms with Gasteiger partial charge in [0.15, 0.2) is 17.5 Å². The lowest BCUT2D eigenvalue weighted by Crippen LogP contribution is -2.03. The molecule has 0 amide bonds. The molecule has 0 aliphatic carbocycles. The normalized spacial score (nSPS) is 11.3. The van der Waals surface area contributed by atoms with Crippen molar-refractivity contribution < 1.29 is 0 Å². The molecule has 0 aliphatic rings. The van der Waals surface area contributed by atoms with Crippen LogP contribution in [0.1, 0.15) is 11.1 Å². The van der Waals surface area contributed by atoms with E-state index in [-0.39, 0.29) is 0 Å². The van der Waals surface area contributed by atoms with Crippen LogP contribution in [0.2, 0.25) is 0 Å². The summed E-state index contributed by atoms with van der Waals surface area (Å²) >= 11 is 0. The molecule has 7 heteroatoms. The maximum atomic E-state index is 11.2. The first-order valence-electron chi connectivity index (χ1n) is 27.9. The van der Waals surface area contributed by atoms with Gasteiger partial charge in [0.25, 0.3) is 0 Å². The fourth-order valence-corrected chi connectivity index (χ4v) is 12.0. The van der Waals surface area contributed by atoms with Gasteiger partial charge in [0, 0.05) is 49.4 Å². The molecule has 0 saturated heterocycles. The third kappa shape index (κ3) is 8.65. The molecule has 3 aromatic heterocycles. The molecule has 0 radical (unpaired) electrons. The molecule has 0 N–H and O–H groups in total. The molecule has 84 heavy (non-hydrogen) atoms. The van der Waals surface area contributed by atoms with Gasteiger partial charge in [-0.05, 0) is 136 Å². The standard InChI is InChI=1S/C77H47N7/c78-48-61-28-16-17-29-63(61)64-47-60(35-41-70(64)84-73-39-32-57(52-22-10-3-11-23-52)45-67(73)68-46-58(33-40-74(68)84)53-24-12-4-13-25-53)77-81-75(54-26-14-5-15-27-54)80-76(82-77)59-34-36-69(62(42-59)49-79)83-71-37-30-55(50-18-6-1-7-19-50)43-65(71)66-44-56(31-38-72(66)83)51-20-8-2-9-21-51/h1-47H. The molecule has 0 unspecified atom stereocenters. The first-order valence-corrected chi connectivity index (χ1v) is 27.9. The number of aromatic nitrogens is 5. The summed E-state index contributed by atoms with van der Waals surface area (Å²) in [7, 11) is 0. The summed E-state index contributed by atoms with van der Waals surface area (Å²) in [5.41, 5.74) is 19.5. The number of nitrogens with zero attached hydrogens (tertiary/aromatic N) is 7. The second-order valence-electron chi connectivity index (χ2n) is 21.0. The summed E-state index contributed by atoms with van der Waals surface area (Å²) < 4.78 is 4.52. The van der Waals surface area contributed by atoms with Gasteiger partial charge in [0.1, 0.15) is 6.07 Å². The summed E-state index contributed by atoms with van der Waals surface area (Å²) in [6.07, 6.45) is 0. The van der Waals surface area contributed by atoms with Crippen LogP contribution < -0.4 is 0 Å². The van der Waals surface area contributed by atoms with Crippen LogP contribution >= 0.6 is 0 Å². The predicted octanol–water partition coefficient (Wildman–Crippen LogP) is 19.1. The van der Waals surface area contributed by atoms with Crippen LogP contribution in [0.15, 0.2) is 285 Å². The predicted molar refractivity (Wildman–Crippen MR) is 341 cm³/mol. The van der Waals surface area contributed by atoms with Crippen molar-refractivity contribution in [1.82, 2.24) is 24.1 Å². The molecule has 0 spiro atoms. The molecule has 0 bridgehead atoms. The third-order valence-corrected chi connectivity index (χ3v) is 16.1. The molecule has 0 aliphatic heterocycles. The van der Waals surface area contributed by atoms with Gasteiger partial charge in [-0.25, -0.2) is 15.0 Å². The summed E-state index contributed by atoms with van der Waals surface area (Å²) in [6.45, 7) is 0. The second-order valence-corrected chi connectivity index (χ2v) is 21.0. The summed E-state index contributed by atoms with van der Waals surface area (Å²) in [4.78, 5) is 15.6. The Morgan fingerprint density at radius 2 is 0.560 bits per heavy atom. The number of fused-ring (bicyclic) bond motifs is 6. The third-order valence-electron chi connectivity index (χ3n) is 16.1. The molecule has 0 fully saturated rings. The number of rotatable bonds is 10. The maximum absolute atomic E-state index is 11.2. The zero-order chi connectivity index (χ0) is 56.1. The second kappa shape index (κ2) is 20.7. The minimum Gasteiger partial charge on any atom is -0.309 e. The maximum Gasteiger partial charge on any atom is 0.164 e. The van der Waals surface area contributed by atoms with Crippen molar-refractivity contribution in [3.8, 4) is 113 Å². The van der Waals surface area contributed by atoms with Crippen LogP contribution in [0.25, 0.3) is 145 Å². The van der Waals surface area contributed by atoms with Crippen LogP contribution in [0.5, 0.6) is 0 Å². The Labute approximate surface area is 485 Å². The van der Waals surface area contributed by atoms with E-state index in [9.17, 15) is 10.5 Å². The Kier molecular flexibility index (Phi) is 12.2. The lowest BCUT2D eigenvalue weighted by atomic mass is 9.96. The van der Waals surface area contributed by atoms with Crippen molar-refractivity contribution in [3.05, 3.63) is 296 Å². The Morgan fingerprint density at radius 3 is 0.964 bits per heavy atom. The summed E-state index contributed by atoms with van der Waals surface area (Å²) in [6, 6.07) is 103. The number of nitriles is 2. The Bertz CT molecular complexity index is 4940. The van der Waals surface area contributed by atoms with Crippen LogP contribution in [0, 0.1) is 22.7 Å². The van der Waals surface area contributed by atoms with Crippen molar-refractivity contribution in [1.29, 1.82) is 10.5 Å². The molecule has 12 aromatic carbocycles. The average molecular weight is 1070 g/mol. The summed E-state index contributed by atoms with van der Waals surface area (Å²) in [5.74, 6) is 1.34. The lowest BCUT2D eigenvalue weighted by Gasteiger charge is -2.17. The van der Waals surface area contributed by atoms with E-state index in [1.54, 1.807) is 0 Å². The van der Waals surface area contributed by atoms with Crippen LogP contribution in [-0.2, 0) is 0 Å². The van der Waals surface area contributed by atoms with Gasteiger partial charge < -0.3 is 9.13 Å². The SMILES string of the molecule is N#Cc1ccccc1-c1cc(-c2nc(-c3ccccc3)nc(-c3ccc(-n4c5ccc(-c6ccccc6)cc5c5cc(-c6ccccc6)ccc54)c(C#N)c3)n2)ccc1-n1c2ccc(-c3ccccc3)cc2c2cc(-c3ccccc3)ccc21. The summed E-state index contributed by atoms with van der Waals surface area (Å²) in [5, 5.41) is 26.3. The monoisotopic (exact) mass is 1070 g/mol. The van der Waals surface area contributed by atoms with E-state index in [1.807, 2.05) is 97.1 Å². The fourth-order valence-electron chi connectivity index (χ4n) is 12.0. The van der Waals surface area contributed by atoms with E-state index < -0.39 is 0 Å². The van der Waals surface area contributed by atoms with Crippen molar-refractivity contribution in [2.24, 2.45) is 0 Å². The van der Waals surface area contributed by atoms with Crippen molar-refractivity contribution in [2.75, 3.05) is 0 Å². The molecule has 0 saturated carbocycles. The molecule has 7 nitrogen and oxygen atoms in total. The Morgan fingerprint density at radius 1 is 0.238 bits per heavy atom. The molecule has 15 aromatic rings. The van der Waals surface area contributed by atoms with E-state index in [1.165, 1.54) is 0 Å². The zero-order valence-electron chi connectivity index (χ0n) is 45.3. The van der Waals surface area contributed by atoms with Gasteiger partial charge in [0.05, 0.1) is 50.6 Å². The number of hydrogen-bond donors (Lipinski definition) is 0. The highest BCUT2D eigenvalue weighted by Gasteiger charge is 2.23. The molecule has 15 rings (SSSR count). The molecule has 0 atom stereocenters. The van der Waals surface area contributed by atoms with E-state index in [4.69, 9.17) is 15.0 Å². The smallest absolute Gasteiger partial charge is 0.164 e. The Hall–Kier alpha value is -11.8. The first kappa shape index (κ1) is 49.3. The topological polar surface area (TPSA) is 96.1 Å². The van der Waals surface area contributed by atoms with Crippen LogP contribution in [0.4, 0.5) is 0 Å². The fraction of sp³-hybridized carbons (Fsp3) is 0. The molecular formula is C77H47N7. The average Bonchev–Trinajstić information content (AvgIpc) is 2.38. The van der Waals surface area contributed by atoms with E-state index in [0.717, 1.165) is 122 Å². The van der Waals surface area contributed by atoms with Gasteiger partial charge in [-0.15, -0.1) is 0 Å². The first-order chi connectivity index (χ1) is 41.5. The van der Waals surface area contributed by atoms with Gasteiger partial charge in [-0.2, -0.15) is 10.5 Å². The minimum atomic E-state index is 0.415. The quantitative estimate of drug-likeness (QED) is 0.136. The number of hydrogen-bond acceptors (Lipinski definition) is 5. The highest BCUT2D eigenvalue weighted by Crippen LogP contribution is 2.43. The largest absolute Gasteiger partial charge is 0.309 e. The highest BCUT2D eigenvalue weighted by atomic mass is 15.0.